The molecule has 1 rings (SSSR count). The Labute approximate surface area is 116 Å². The third-order valence-electron chi connectivity index (χ3n) is 3.26. The van der Waals surface area contributed by atoms with Crippen LogP contribution in [0.1, 0.15) is 44.0 Å². The zero-order chi connectivity index (χ0) is 15.4. The van der Waals surface area contributed by atoms with Gasteiger partial charge in [-0.1, -0.05) is 0 Å². The van der Waals surface area contributed by atoms with Gasteiger partial charge in [0.15, 0.2) is 0 Å². The molecular formula is C13H20F3N3O. The molecule has 4 nitrogen and oxygen atoms in total. The molecule has 1 aromatic rings. The van der Waals surface area contributed by atoms with Gasteiger partial charge in [-0.05, 0) is 38.8 Å². The number of halogens is 3. The van der Waals surface area contributed by atoms with E-state index in [2.05, 4.69) is 10.4 Å². The first kappa shape index (κ1) is 16.9. The second kappa shape index (κ2) is 6.51. The second-order valence-corrected chi connectivity index (χ2v) is 5.19. The third kappa shape index (κ3) is 4.73. The van der Waals surface area contributed by atoms with E-state index in [0.29, 0.717) is 18.5 Å². The molecule has 0 aliphatic rings. The van der Waals surface area contributed by atoms with Crippen molar-refractivity contribution >= 4 is 0 Å². The Hall–Kier alpha value is -1.18. The molecule has 114 valence electrons. The SMILES string of the molecule is COC(C)(C)CCC(NN)c1ccc(C(F)(F)F)cn1. The number of pyridine rings is 1. The number of aromatic nitrogens is 1. The molecule has 0 spiro atoms. The Morgan fingerprint density at radius 2 is 2.00 bits per heavy atom. The largest absolute Gasteiger partial charge is 0.417 e. The second-order valence-electron chi connectivity index (χ2n) is 5.19. The van der Waals surface area contributed by atoms with Crippen molar-refractivity contribution in [2.45, 2.75) is 44.5 Å². The molecule has 20 heavy (non-hydrogen) atoms. The number of rotatable bonds is 6. The summed E-state index contributed by atoms with van der Waals surface area (Å²) in [4.78, 5) is 3.84. The van der Waals surface area contributed by atoms with Gasteiger partial charge in [0.25, 0.3) is 0 Å². The van der Waals surface area contributed by atoms with Crippen LogP contribution in [0.2, 0.25) is 0 Å². The van der Waals surface area contributed by atoms with Crippen molar-refractivity contribution in [1.82, 2.24) is 10.4 Å². The topological polar surface area (TPSA) is 60.2 Å². The predicted molar refractivity (Wildman–Crippen MR) is 69.6 cm³/mol. The first-order chi connectivity index (χ1) is 9.19. The van der Waals surface area contributed by atoms with Crippen LogP contribution in [0.3, 0.4) is 0 Å². The fraction of sp³-hybridized carbons (Fsp3) is 0.615. The van der Waals surface area contributed by atoms with E-state index in [1.165, 1.54) is 6.07 Å². The maximum absolute atomic E-state index is 12.5. The summed E-state index contributed by atoms with van der Waals surface area (Å²) in [5, 5.41) is 0. The lowest BCUT2D eigenvalue weighted by molar-refractivity contribution is -0.137. The van der Waals surface area contributed by atoms with Gasteiger partial charge in [-0.2, -0.15) is 13.2 Å². The number of hydrogen-bond donors (Lipinski definition) is 2. The summed E-state index contributed by atoms with van der Waals surface area (Å²) in [7, 11) is 1.61. The Morgan fingerprint density at radius 3 is 2.40 bits per heavy atom. The van der Waals surface area contributed by atoms with Gasteiger partial charge in [-0.15, -0.1) is 0 Å². The molecule has 0 aliphatic carbocycles. The lowest BCUT2D eigenvalue weighted by atomic mass is 9.97. The standard InChI is InChI=1S/C13H20F3N3O/c1-12(2,20-3)7-6-11(19-17)10-5-4-9(8-18-10)13(14,15)16/h4-5,8,11,19H,6-7,17H2,1-3H3. The number of hydrogen-bond acceptors (Lipinski definition) is 4. The van der Waals surface area contributed by atoms with E-state index in [4.69, 9.17) is 10.6 Å². The monoisotopic (exact) mass is 291 g/mol. The van der Waals surface area contributed by atoms with Crippen molar-refractivity contribution in [3.05, 3.63) is 29.6 Å². The van der Waals surface area contributed by atoms with Gasteiger partial charge in [-0.25, -0.2) is 0 Å². The van der Waals surface area contributed by atoms with Crippen molar-refractivity contribution in [3.63, 3.8) is 0 Å². The van der Waals surface area contributed by atoms with Crippen LogP contribution in [0.5, 0.6) is 0 Å². The summed E-state index contributed by atoms with van der Waals surface area (Å²) >= 11 is 0. The van der Waals surface area contributed by atoms with Crippen molar-refractivity contribution in [1.29, 1.82) is 0 Å². The number of nitrogens with two attached hydrogens (primary N) is 1. The molecule has 0 saturated heterocycles. The van der Waals surface area contributed by atoms with E-state index in [1.807, 2.05) is 13.8 Å². The molecule has 0 aliphatic heterocycles. The normalized spacial score (nSPS) is 14.3. The molecule has 3 N–H and O–H groups in total. The van der Waals surface area contributed by atoms with E-state index in [0.717, 1.165) is 12.3 Å². The van der Waals surface area contributed by atoms with Gasteiger partial charge in [-0.3, -0.25) is 16.3 Å². The Morgan fingerprint density at radius 1 is 1.35 bits per heavy atom. The first-order valence-corrected chi connectivity index (χ1v) is 6.24. The van der Waals surface area contributed by atoms with Gasteiger partial charge >= 0.3 is 6.18 Å². The van der Waals surface area contributed by atoms with E-state index >= 15 is 0 Å². The predicted octanol–water partition coefficient (Wildman–Crippen LogP) is 2.81. The van der Waals surface area contributed by atoms with Crippen LogP contribution >= 0.6 is 0 Å². The van der Waals surface area contributed by atoms with E-state index in [1.54, 1.807) is 7.11 Å². The molecule has 7 heteroatoms. The Bertz CT molecular complexity index is 418. The van der Waals surface area contributed by atoms with Crippen molar-refractivity contribution in [2.75, 3.05) is 7.11 Å². The number of nitrogens with one attached hydrogen (secondary N) is 1. The van der Waals surface area contributed by atoms with Gasteiger partial charge in [0.2, 0.25) is 0 Å². The van der Waals surface area contributed by atoms with Gasteiger partial charge in [0.1, 0.15) is 0 Å². The number of hydrazine groups is 1. The highest BCUT2D eigenvalue weighted by molar-refractivity contribution is 5.18. The fourth-order valence-electron chi connectivity index (χ4n) is 1.69. The quantitative estimate of drug-likeness (QED) is 0.625. The molecule has 1 aromatic heterocycles. The van der Waals surface area contributed by atoms with Crippen LogP contribution in [0.15, 0.2) is 18.3 Å². The van der Waals surface area contributed by atoms with Gasteiger partial charge in [0.05, 0.1) is 22.9 Å². The third-order valence-corrected chi connectivity index (χ3v) is 3.26. The number of alkyl halides is 3. The molecule has 0 fully saturated rings. The summed E-state index contributed by atoms with van der Waals surface area (Å²) in [5.74, 6) is 5.45. The van der Waals surface area contributed by atoms with Crippen molar-refractivity contribution in [2.24, 2.45) is 5.84 Å². The average molecular weight is 291 g/mol. The molecule has 1 heterocycles. The highest BCUT2D eigenvalue weighted by Crippen LogP contribution is 2.29. The summed E-state index contributed by atoms with van der Waals surface area (Å²) in [6.07, 6.45) is -2.26. The highest BCUT2D eigenvalue weighted by atomic mass is 19.4. The summed E-state index contributed by atoms with van der Waals surface area (Å²) in [6.45, 7) is 3.86. The molecule has 0 amide bonds. The van der Waals surface area contributed by atoms with Crippen LogP contribution in [0, 0.1) is 0 Å². The van der Waals surface area contributed by atoms with Crippen LogP contribution in [0.25, 0.3) is 0 Å². The van der Waals surface area contributed by atoms with Crippen LogP contribution in [-0.4, -0.2) is 17.7 Å². The van der Waals surface area contributed by atoms with Crippen LogP contribution in [-0.2, 0) is 10.9 Å². The number of ether oxygens (including phenoxy) is 1. The molecular weight excluding hydrogens is 271 g/mol. The molecule has 0 aromatic carbocycles. The molecule has 0 saturated carbocycles. The lowest BCUT2D eigenvalue weighted by Crippen LogP contribution is -2.31. The zero-order valence-electron chi connectivity index (χ0n) is 11.8. The zero-order valence-corrected chi connectivity index (χ0v) is 11.8. The maximum Gasteiger partial charge on any atom is 0.417 e. The van der Waals surface area contributed by atoms with Gasteiger partial charge in [0, 0.05) is 13.3 Å². The highest BCUT2D eigenvalue weighted by Gasteiger charge is 2.31. The average Bonchev–Trinajstić information content (AvgIpc) is 2.39. The molecule has 0 bridgehead atoms. The first-order valence-electron chi connectivity index (χ1n) is 6.24. The lowest BCUT2D eigenvalue weighted by Gasteiger charge is -2.25. The summed E-state index contributed by atoms with van der Waals surface area (Å²) in [6, 6.07) is 2.04. The van der Waals surface area contributed by atoms with Crippen LogP contribution < -0.4 is 11.3 Å². The smallest absolute Gasteiger partial charge is 0.379 e. The molecule has 0 radical (unpaired) electrons. The number of nitrogens with zero attached hydrogens (tertiary/aromatic N) is 1. The minimum absolute atomic E-state index is 0.313. The van der Waals surface area contributed by atoms with Crippen molar-refractivity contribution < 1.29 is 17.9 Å². The van der Waals surface area contributed by atoms with Crippen molar-refractivity contribution in [3.8, 4) is 0 Å². The fourth-order valence-corrected chi connectivity index (χ4v) is 1.69. The minimum Gasteiger partial charge on any atom is -0.379 e. The van der Waals surface area contributed by atoms with Crippen LogP contribution in [0.4, 0.5) is 13.2 Å². The summed E-state index contributed by atoms with van der Waals surface area (Å²) in [5.41, 5.74) is 1.97. The maximum atomic E-state index is 12.5. The van der Waals surface area contributed by atoms with Gasteiger partial charge < -0.3 is 4.74 Å². The van der Waals surface area contributed by atoms with E-state index in [9.17, 15) is 13.2 Å². The Balaban J connectivity index is 2.76. The number of methoxy groups -OCH3 is 1. The molecule has 1 atom stereocenters. The van der Waals surface area contributed by atoms with E-state index < -0.39 is 11.7 Å². The molecule has 1 unspecified atom stereocenters. The summed E-state index contributed by atoms with van der Waals surface area (Å²) < 4.78 is 42.7. The Kier molecular flexibility index (Phi) is 5.50. The minimum atomic E-state index is -4.38. The van der Waals surface area contributed by atoms with E-state index in [-0.39, 0.29) is 11.6 Å².